The highest BCUT2D eigenvalue weighted by Crippen LogP contribution is 2.45. The normalized spacial score (nSPS) is 17.1. The molecular weight excluding hydrogens is 274 g/mol. The van der Waals surface area contributed by atoms with E-state index in [0.717, 1.165) is 35.6 Å². The van der Waals surface area contributed by atoms with Crippen molar-refractivity contribution in [1.29, 1.82) is 0 Å². The van der Waals surface area contributed by atoms with E-state index in [9.17, 15) is 4.79 Å². The molecule has 0 spiro atoms. The van der Waals surface area contributed by atoms with Crippen LogP contribution in [0.25, 0.3) is 11.2 Å². The Morgan fingerprint density at radius 2 is 2.35 bits per heavy atom. The number of aliphatic carboxylic acids is 1. The molecule has 6 heteroatoms. The predicted octanol–water partition coefficient (Wildman–Crippen LogP) is 2.90. The van der Waals surface area contributed by atoms with E-state index in [0.29, 0.717) is 0 Å². The lowest BCUT2D eigenvalue weighted by Crippen LogP contribution is -2.40. The summed E-state index contributed by atoms with van der Waals surface area (Å²) in [7, 11) is 0. The number of imidazole rings is 1. The summed E-state index contributed by atoms with van der Waals surface area (Å²) in [6, 6.07) is 3.80. The molecule has 1 fully saturated rings. The molecule has 0 aliphatic heterocycles. The van der Waals surface area contributed by atoms with Crippen LogP contribution < -0.4 is 0 Å². The Morgan fingerprint density at radius 3 is 2.95 bits per heavy atom. The molecule has 3 rings (SSSR count). The van der Waals surface area contributed by atoms with E-state index >= 15 is 0 Å². The minimum absolute atomic E-state index is 0.0309. The number of carboxylic acids is 1. The van der Waals surface area contributed by atoms with Gasteiger partial charge in [0.2, 0.25) is 0 Å². The first-order valence-electron chi connectivity index (χ1n) is 6.85. The summed E-state index contributed by atoms with van der Waals surface area (Å²) in [5.41, 5.74) is 1.80. The van der Waals surface area contributed by atoms with Crippen LogP contribution >= 0.6 is 11.8 Å². The number of hydrogen-bond donors (Lipinski definition) is 1. The molecular formula is C14H17N3O2S. The van der Waals surface area contributed by atoms with Crippen molar-refractivity contribution in [1.82, 2.24) is 14.5 Å². The number of aromatic nitrogens is 3. The van der Waals surface area contributed by atoms with Gasteiger partial charge in [0.15, 0.2) is 10.8 Å². The SMILES string of the molecule is CCC1(n2c(SCC(=O)O)nc3cccnc32)CCC1. The average molecular weight is 291 g/mol. The van der Waals surface area contributed by atoms with Gasteiger partial charge in [0.25, 0.3) is 0 Å². The monoisotopic (exact) mass is 291 g/mol. The molecule has 2 aromatic rings. The number of rotatable bonds is 5. The van der Waals surface area contributed by atoms with Crippen LogP contribution in [0.2, 0.25) is 0 Å². The molecule has 2 aromatic heterocycles. The fourth-order valence-electron chi connectivity index (χ4n) is 2.86. The number of fused-ring (bicyclic) bond motifs is 1. The fraction of sp³-hybridized carbons (Fsp3) is 0.500. The van der Waals surface area contributed by atoms with Gasteiger partial charge in [-0.2, -0.15) is 0 Å². The lowest BCUT2D eigenvalue weighted by molar-refractivity contribution is -0.133. The molecule has 0 saturated heterocycles. The predicted molar refractivity (Wildman–Crippen MR) is 78.0 cm³/mol. The summed E-state index contributed by atoms with van der Waals surface area (Å²) in [5.74, 6) is -0.788. The van der Waals surface area contributed by atoms with Crippen molar-refractivity contribution in [2.75, 3.05) is 5.75 Å². The summed E-state index contributed by atoms with van der Waals surface area (Å²) >= 11 is 1.28. The Bertz CT molecular complexity index is 643. The second kappa shape index (κ2) is 5.09. The van der Waals surface area contributed by atoms with Crippen LogP contribution in [0.15, 0.2) is 23.5 Å². The Kier molecular flexibility index (Phi) is 3.41. The Balaban J connectivity index is 2.10. The smallest absolute Gasteiger partial charge is 0.313 e. The molecule has 106 valence electrons. The van der Waals surface area contributed by atoms with Crippen molar-refractivity contribution in [3.8, 4) is 0 Å². The summed E-state index contributed by atoms with van der Waals surface area (Å²) < 4.78 is 2.18. The van der Waals surface area contributed by atoms with E-state index in [2.05, 4.69) is 21.5 Å². The first kappa shape index (κ1) is 13.4. The maximum Gasteiger partial charge on any atom is 0.313 e. The van der Waals surface area contributed by atoms with E-state index in [4.69, 9.17) is 5.11 Å². The van der Waals surface area contributed by atoms with Gasteiger partial charge in [-0.15, -0.1) is 0 Å². The third-order valence-corrected chi connectivity index (χ3v) is 5.05. The summed E-state index contributed by atoms with van der Waals surface area (Å²) in [4.78, 5) is 19.9. The van der Waals surface area contributed by atoms with E-state index < -0.39 is 5.97 Å². The molecule has 0 unspecified atom stereocenters. The minimum Gasteiger partial charge on any atom is -0.481 e. The molecule has 1 aliphatic rings. The standard InChI is InChI=1S/C14H17N3O2S/c1-2-14(6-4-7-14)17-12-10(5-3-8-15-12)16-13(17)20-9-11(18)19/h3,5,8H,2,4,6-7,9H2,1H3,(H,18,19). The van der Waals surface area contributed by atoms with E-state index in [1.54, 1.807) is 6.20 Å². The molecule has 20 heavy (non-hydrogen) atoms. The number of pyridine rings is 1. The van der Waals surface area contributed by atoms with Crippen LogP contribution in [-0.2, 0) is 10.3 Å². The lowest BCUT2D eigenvalue weighted by atomic mass is 9.74. The van der Waals surface area contributed by atoms with Gasteiger partial charge >= 0.3 is 5.97 Å². The maximum atomic E-state index is 10.8. The summed E-state index contributed by atoms with van der Waals surface area (Å²) in [6.45, 7) is 2.18. The minimum atomic E-state index is -0.819. The first-order valence-corrected chi connectivity index (χ1v) is 7.83. The van der Waals surface area contributed by atoms with E-state index in [1.807, 2.05) is 12.1 Å². The molecule has 1 aliphatic carbocycles. The molecule has 0 amide bonds. The van der Waals surface area contributed by atoms with Crippen LogP contribution in [0, 0.1) is 0 Å². The molecule has 2 heterocycles. The average Bonchev–Trinajstić information content (AvgIpc) is 2.75. The van der Waals surface area contributed by atoms with Crippen molar-refractivity contribution in [2.45, 2.75) is 43.3 Å². The van der Waals surface area contributed by atoms with Gasteiger partial charge in [-0.25, -0.2) is 9.97 Å². The number of thioether (sulfide) groups is 1. The maximum absolute atomic E-state index is 10.8. The van der Waals surface area contributed by atoms with Gasteiger partial charge < -0.3 is 5.11 Å². The molecule has 0 atom stereocenters. The Morgan fingerprint density at radius 1 is 1.55 bits per heavy atom. The van der Waals surface area contributed by atoms with Crippen LogP contribution in [-0.4, -0.2) is 31.4 Å². The molecule has 1 saturated carbocycles. The molecule has 0 radical (unpaired) electrons. The number of nitrogens with zero attached hydrogens (tertiary/aromatic N) is 3. The van der Waals surface area contributed by atoms with Crippen molar-refractivity contribution in [3.63, 3.8) is 0 Å². The summed E-state index contributed by atoms with van der Waals surface area (Å²) in [5, 5.41) is 9.68. The number of carboxylic acid groups (broad SMARTS) is 1. The van der Waals surface area contributed by atoms with Crippen molar-refractivity contribution in [2.24, 2.45) is 0 Å². The van der Waals surface area contributed by atoms with Crippen molar-refractivity contribution in [3.05, 3.63) is 18.3 Å². The van der Waals surface area contributed by atoms with Gasteiger partial charge in [0, 0.05) is 11.7 Å². The van der Waals surface area contributed by atoms with Crippen LogP contribution in [0.3, 0.4) is 0 Å². The Hall–Kier alpha value is -1.56. The van der Waals surface area contributed by atoms with E-state index in [-0.39, 0.29) is 11.3 Å². The molecule has 0 bridgehead atoms. The highest BCUT2D eigenvalue weighted by atomic mass is 32.2. The highest BCUT2D eigenvalue weighted by Gasteiger charge is 2.40. The third-order valence-electron chi connectivity index (χ3n) is 4.13. The fourth-order valence-corrected chi connectivity index (χ4v) is 3.69. The van der Waals surface area contributed by atoms with Crippen LogP contribution in [0.1, 0.15) is 32.6 Å². The Labute approximate surface area is 121 Å². The van der Waals surface area contributed by atoms with Crippen molar-refractivity contribution < 1.29 is 9.90 Å². The largest absolute Gasteiger partial charge is 0.481 e. The summed E-state index contributed by atoms with van der Waals surface area (Å²) in [6.07, 6.45) is 6.24. The topological polar surface area (TPSA) is 68.0 Å². The first-order chi connectivity index (χ1) is 9.66. The van der Waals surface area contributed by atoms with Crippen LogP contribution in [0.4, 0.5) is 0 Å². The van der Waals surface area contributed by atoms with E-state index in [1.165, 1.54) is 18.2 Å². The van der Waals surface area contributed by atoms with Crippen LogP contribution in [0.5, 0.6) is 0 Å². The second-order valence-corrected chi connectivity index (χ2v) is 6.13. The van der Waals surface area contributed by atoms with Gasteiger partial charge in [-0.1, -0.05) is 18.7 Å². The second-order valence-electron chi connectivity index (χ2n) is 5.19. The number of carbonyl (C=O) groups is 1. The third kappa shape index (κ3) is 2.08. The molecule has 5 nitrogen and oxygen atoms in total. The highest BCUT2D eigenvalue weighted by molar-refractivity contribution is 7.99. The van der Waals surface area contributed by atoms with Gasteiger partial charge in [0.05, 0.1) is 5.75 Å². The lowest BCUT2D eigenvalue weighted by Gasteiger charge is -2.43. The number of hydrogen-bond acceptors (Lipinski definition) is 4. The molecule has 1 N–H and O–H groups in total. The van der Waals surface area contributed by atoms with Gasteiger partial charge in [-0.3, -0.25) is 9.36 Å². The quantitative estimate of drug-likeness (QED) is 0.858. The zero-order valence-corrected chi connectivity index (χ0v) is 12.2. The molecule has 0 aromatic carbocycles. The van der Waals surface area contributed by atoms with Gasteiger partial charge in [0.1, 0.15) is 5.52 Å². The van der Waals surface area contributed by atoms with Crippen molar-refractivity contribution >= 4 is 28.9 Å². The van der Waals surface area contributed by atoms with Gasteiger partial charge in [-0.05, 0) is 37.8 Å². The zero-order chi connectivity index (χ0) is 14.2. The zero-order valence-electron chi connectivity index (χ0n) is 11.4.